The first-order chi connectivity index (χ1) is 10.4. The fraction of sp³-hybridized carbons (Fsp3) is 0.636. The predicted molar refractivity (Wildman–Crippen MR) is 73.4 cm³/mol. The monoisotopic (exact) mass is 312 g/mol. The summed E-state index contributed by atoms with van der Waals surface area (Å²) >= 11 is 0. The van der Waals surface area contributed by atoms with Crippen LogP contribution in [-0.4, -0.2) is 50.9 Å². The van der Waals surface area contributed by atoms with E-state index in [2.05, 4.69) is 15.0 Å². The molecular weight excluding hydrogens is 296 g/mol. The fourth-order valence-electron chi connectivity index (χ4n) is 2.17. The van der Waals surface area contributed by atoms with Crippen LogP contribution in [0.2, 0.25) is 0 Å². The lowest BCUT2D eigenvalue weighted by atomic mass is 10.1. The van der Waals surface area contributed by atoms with E-state index in [1.54, 1.807) is 6.92 Å². The quantitative estimate of drug-likeness (QED) is 0.360. The number of nitrogens with zero attached hydrogens (tertiary/aromatic N) is 5. The van der Waals surface area contributed by atoms with Crippen molar-refractivity contribution < 1.29 is 19.7 Å². The second-order valence-electron chi connectivity index (χ2n) is 4.66. The summed E-state index contributed by atoms with van der Waals surface area (Å²) in [6, 6.07) is 1.33. The van der Waals surface area contributed by atoms with Gasteiger partial charge in [0.15, 0.2) is 6.23 Å². The van der Waals surface area contributed by atoms with Gasteiger partial charge in [0.2, 0.25) is 5.72 Å². The van der Waals surface area contributed by atoms with Crippen molar-refractivity contribution in [2.75, 3.05) is 18.9 Å². The predicted octanol–water partition coefficient (Wildman–Crippen LogP) is -0.881. The van der Waals surface area contributed by atoms with E-state index >= 15 is 0 Å². The molecule has 11 nitrogen and oxygen atoms in total. The molecular formula is C11H16N6O5. The summed E-state index contributed by atoms with van der Waals surface area (Å²) in [7, 11) is 0. The Morgan fingerprint density at radius 2 is 2.41 bits per heavy atom. The zero-order valence-corrected chi connectivity index (χ0v) is 11.7. The van der Waals surface area contributed by atoms with E-state index in [0.717, 1.165) is 4.57 Å². The number of hydrogen-bond acceptors (Lipinski definition) is 8. The summed E-state index contributed by atoms with van der Waals surface area (Å²) in [5.41, 5.74) is 11.5. The molecule has 0 radical (unpaired) electrons. The van der Waals surface area contributed by atoms with E-state index in [1.807, 2.05) is 0 Å². The number of rotatable bonds is 5. The molecule has 1 aliphatic rings. The molecule has 1 aromatic rings. The summed E-state index contributed by atoms with van der Waals surface area (Å²) in [6.07, 6.45) is -3.13. The van der Waals surface area contributed by atoms with Gasteiger partial charge in [-0.05, 0) is 18.5 Å². The van der Waals surface area contributed by atoms with E-state index in [0.29, 0.717) is 0 Å². The average Bonchev–Trinajstić information content (AvgIpc) is 2.71. The molecule has 4 atom stereocenters. The van der Waals surface area contributed by atoms with Crippen molar-refractivity contribution >= 4 is 5.82 Å². The van der Waals surface area contributed by atoms with Gasteiger partial charge in [-0.2, -0.15) is 4.98 Å². The third kappa shape index (κ3) is 2.75. The fourth-order valence-corrected chi connectivity index (χ4v) is 2.17. The molecule has 0 amide bonds. The lowest BCUT2D eigenvalue weighted by molar-refractivity contribution is -0.136. The number of nitrogen functional groups attached to an aromatic ring is 1. The first-order valence-corrected chi connectivity index (χ1v) is 6.48. The van der Waals surface area contributed by atoms with Crippen molar-refractivity contribution in [3.63, 3.8) is 0 Å². The summed E-state index contributed by atoms with van der Waals surface area (Å²) in [5.74, 6) is 0.00455. The molecule has 0 aromatic carbocycles. The molecule has 0 saturated carbocycles. The number of hydrogen-bond donors (Lipinski definition) is 3. The highest BCUT2D eigenvalue weighted by Crippen LogP contribution is 2.38. The van der Waals surface area contributed by atoms with Crippen LogP contribution in [0.25, 0.3) is 10.4 Å². The SMILES string of the molecule is CCOC[C@@]1(N=[N+]=[N-])O[C@@H](n2ccc(N)nc2=O)[C@H](O)[C@@H]1O. The van der Waals surface area contributed by atoms with Crippen molar-refractivity contribution in [1.29, 1.82) is 0 Å². The Hall–Kier alpha value is -2.17. The van der Waals surface area contributed by atoms with Crippen molar-refractivity contribution in [3.8, 4) is 0 Å². The Balaban J connectivity index is 2.39. The van der Waals surface area contributed by atoms with Crippen LogP contribution in [0.4, 0.5) is 5.82 Å². The van der Waals surface area contributed by atoms with Crippen LogP contribution in [-0.2, 0) is 9.47 Å². The third-order valence-electron chi connectivity index (χ3n) is 3.26. The van der Waals surface area contributed by atoms with Gasteiger partial charge in [0.1, 0.15) is 18.0 Å². The topological polar surface area (TPSA) is 169 Å². The summed E-state index contributed by atoms with van der Waals surface area (Å²) in [4.78, 5) is 18.0. The molecule has 2 rings (SSSR count). The Labute approximate surface area is 124 Å². The standard InChI is InChI=1S/C11H16N6O5/c1-2-21-5-11(15-16-13)8(19)7(18)9(22-11)17-4-3-6(12)14-10(17)20/h3-4,7-9,18-19H,2,5H2,1H3,(H2,12,14,20)/t7-,8+,9-,11-/m1/s1. The molecule has 1 fully saturated rings. The largest absolute Gasteiger partial charge is 0.387 e. The summed E-state index contributed by atoms with van der Waals surface area (Å²) < 4.78 is 11.6. The van der Waals surface area contributed by atoms with E-state index in [4.69, 9.17) is 20.7 Å². The third-order valence-corrected chi connectivity index (χ3v) is 3.26. The molecule has 120 valence electrons. The smallest absolute Gasteiger partial charge is 0.351 e. The molecule has 0 bridgehead atoms. The number of azide groups is 1. The normalized spacial score (nSPS) is 31.0. The molecule has 4 N–H and O–H groups in total. The van der Waals surface area contributed by atoms with Gasteiger partial charge in [0.25, 0.3) is 0 Å². The molecule has 2 heterocycles. The van der Waals surface area contributed by atoms with Crippen LogP contribution in [0.15, 0.2) is 22.2 Å². The molecule has 11 heteroatoms. The Kier molecular flexibility index (Phi) is 4.64. The van der Waals surface area contributed by atoms with Crippen LogP contribution in [0, 0.1) is 0 Å². The molecule has 1 saturated heterocycles. The van der Waals surface area contributed by atoms with Crippen molar-refractivity contribution in [2.24, 2.45) is 5.11 Å². The van der Waals surface area contributed by atoms with E-state index in [1.165, 1.54) is 12.3 Å². The van der Waals surface area contributed by atoms with Crippen LogP contribution >= 0.6 is 0 Å². The minimum absolute atomic E-state index is 0.00455. The number of aliphatic hydroxyl groups excluding tert-OH is 2. The van der Waals surface area contributed by atoms with Gasteiger partial charge in [-0.15, -0.1) is 0 Å². The second kappa shape index (κ2) is 6.30. The maximum atomic E-state index is 11.8. The molecule has 1 aliphatic heterocycles. The van der Waals surface area contributed by atoms with Gasteiger partial charge in [0.05, 0.1) is 6.61 Å². The van der Waals surface area contributed by atoms with Crippen LogP contribution in [0.5, 0.6) is 0 Å². The molecule has 1 aromatic heterocycles. The number of nitrogens with two attached hydrogens (primary N) is 1. The molecule has 0 aliphatic carbocycles. The van der Waals surface area contributed by atoms with E-state index in [9.17, 15) is 15.0 Å². The maximum absolute atomic E-state index is 11.8. The minimum Gasteiger partial charge on any atom is -0.387 e. The number of aromatic nitrogens is 2. The summed E-state index contributed by atoms with van der Waals surface area (Å²) in [5, 5.41) is 23.7. The minimum atomic E-state index is -1.84. The van der Waals surface area contributed by atoms with Crippen molar-refractivity contribution in [2.45, 2.75) is 31.1 Å². The van der Waals surface area contributed by atoms with Gasteiger partial charge >= 0.3 is 5.69 Å². The highest BCUT2D eigenvalue weighted by molar-refractivity contribution is 5.23. The lowest BCUT2D eigenvalue weighted by Crippen LogP contribution is -2.45. The summed E-state index contributed by atoms with van der Waals surface area (Å²) in [6.45, 7) is 1.70. The van der Waals surface area contributed by atoms with Crippen LogP contribution in [0.1, 0.15) is 13.2 Å². The van der Waals surface area contributed by atoms with Gasteiger partial charge in [0, 0.05) is 17.7 Å². The zero-order valence-electron chi connectivity index (χ0n) is 11.7. The van der Waals surface area contributed by atoms with E-state index in [-0.39, 0.29) is 19.0 Å². The average molecular weight is 312 g/mol. The first-order valence-electron chi connectivity index (χ1n) is 6.48. The molecule has 22 heavy (non-hydrogen) atoms. The van der Waals surface area contributed by atoms with Crippen LogP contribution < -0.4 is 11.4 Å². The van der Waals surface area contributed by atoms with Gasteiger partial charge < -0.3 is 25.4 Å². The number of anilines is 1. The van der Waals surface area contributed by atoms with E-state index < -0.39 is 29.9 Å². The Bertz CT molecular complexity index is 644. The van der Waals surface area contributed by atoms with Gasteiger partial charge in [-0.3, -0.25) is 4.57 Å². The zero-order chi connectivity index (χ0) is 16.3. The van der Waals surface area contributed by atoms with Crippen molar-refractivity contribution in [3.05, 3.63) is 33.2 Å². The second-order valence-corrected chi connectivity index (χ2v) is 4.66. The molecule has 0 spiro atoms. The molecule has 0 unspecified atom stereocenters. The van der Waals surface area contributed by atoms with Crippen LogP contribution in [0.3, 0.4) is 0 Å². The highest BCUT2D eigenvalue weighted by Gasteiger charge is 2.55. The maximum Gasteiger partial charge on any atom is 0.351 e. The lowest BCUT2D eigenvalue weighted by Gasteiger charge is -2.26. The number of aliphatic hydroxyl groups is 2. The van der Waals surface area contributed by atoms with Crippen molar-refractivity contribution in [1.82, 2.24) is 9.55 Å². The number of ether oxygens (including phenoxy) is 2. The Morgan fingerprint density at radius 3 is 3.00 bits per heavy atom. The first kappa shape index (κ1) is 16.2. The van der Waals surface area contributed by atoms with Gasteiger partial charge in [-0.1, -0.05) is 5.11 Å². The Morgan fingerprint density at radius 1 is 1.68 bits per heavy atom. The van der Waals surface area contributed by atoms with Gasteiger partial charge in [-0.25, -0.2) is 4.79 Å². The highest BCUT2D eigenvalue weighted by atomic mass is 16.6.